The summed E-state index contributed by atoms with van der Waals surface area (Å²) < 4.78 is 124. The Labute approximate surface area is 701 Å². The Morgan fingerprint density at radius 3 is 1.24 bits per heavy atom. The van der Waals surface area contributed by atoms with Crippen molar-refractivity contribution in [1.29, 1.82) is 0 Å². The van der Waals surface area contributed by atoms with Crippen molar-refractivity contribution in [2.45, 2.75) is 58.3 Å². The van der Waals surface area contributed by atoms with Gasteiger partial charge in [-0.05, 0) is 195 Å². The number of hydrogen-bond donors (Lipinski definition) is 9. The van der Waals surface area contributed by atoms with Crippen LogP contribution in [0.4, 0.5) is 0 Å². The molecule has 0 aliphatic rings. The van der Waals surface area contributed by atoms with Crippen molar-refractivity contribution >= 4 is 175 Å². The fraction of sp³-hybridized carbons (Fsp3) is 0.198. The Bertz CT molecular complexity index is 6780. The molecule has 9 aromatic carbocycles. The molecule has 15 rings (SSSR count). The van der Waals surface area contributed by atoms with Crippen molar-refractivity contribution in [3.05, 3.63) is 278 Å². The van der Waals surface area contributed by atoms with Crippen molar-refractivity contribution in [3.63, 3.8) is 0 Å². The standard InChI is InChI=1S/C23H21ClN2O4S.C22H21N3O4S.C21H21N3O4S.C20H20Cl2N2O4S/c1-31(28,29)26-23(27)22-17(21-18(24)11-5-12-19(21)25-22)10-6-14-30-20-13-4-8-15-7-2-3-9-16(15)20;1-30(27,28)25-22(26)21-18(17-7-2-3-9-20(17)24-21)8-5-13-29-16-10-11-19-15(14-16)6-4-12-23-19;1-29(26,27)24-21(25)20-15(14-6-2-3-8-18(14)23-20)7-5-13-28-19-10-4-9-17-16(19)11-12-22-17;1-12-11-13(8-9-15(12)21)28-10-4-5-14-18-16(22)6-3-7-17(18)23-19(14)20(25)24-29(2,26)27/h2-5,7-9,11-13,25H,6,10,14H2,1H3,(H,26,27);2-4,6-7,9-12,14,24H,5,8,13H2,1H3,(H,25,26);2-4,6,8-12,22-23H,5,7,13H2,1H3,(H,24,25);3,6-9,11,23H,4-5,10H2,1-2H3,(H,24,25). The lowest BCUT2D eigenvalue weighted by molar-refractivity contribution is 0.0967. The van der Waals surface area contributed by atoms with E-state index in [1.54, 1.807) is 54.7 Å². The summed E-state index contributed by atoms with van der Waals surface area (Å²) in [5, 5.41) is 9.04. The molecule has 6 heterocycles. The highest BCUT2D eigenvalue weighted by Gasteiger charge is 2.26. The van der Waals surface area contributed by atoms with Gasteiger partial charge in [-0.3, -0.25) is 24.2 Å². The fourth-order valence-corrected chi connectivity index (χ4v) is 16.2. The normalized spacial score (nSPS) is 11.7. The molecule has 0 unspecified atom stereocenters. The van der Waals surface area contributed by atoms with E-state index < -0.39 is 63.7 Å². The highest BCUT2D eigenvalue weighted by Crippen LogP contribution is 2.35. The molecule has 6 aromatic heterocycles. The molecule has 119 heavy (non-hydrogen) atoms. The first kappa shape index (κ1) is 86.4. The number of benzene rings is 9. The van der Waals surface area contributed by atoms with Gasteiger partial charge in [0.15, 0.2) is 0 Å². The lowest BCUT2D eigenvalue weighted by Gasteiger charge is -2.10. The van der Waals surface area contributed by atoms with Crippen LogP contribution in [0.3, 0.4) is 0 Å². The predicted molar refractivity (Wildman–Crippen MR) is 468 cm³/mol. The second-order valence-corrected chi connectivity index (χ2v) is 36.1. The highest BCUT2D eigenvalue weighted by atomic mass is 35.5. The van der Waals surface area contributed by atoms with Gasteiger partial charge in [-0.1, -0.05) is 132 Å². The van der Waals surface area contributed by atoms with E-state index in [4.69, 9.17) is 53.8 Å². The number of rotatable bonds is 28. The first-order chi connectivity index (χ1) is 56.8. The molecule has 4 amide bonds. The zero-order valence-electron chi connectivity index (χ0n) is 64.9. The zero-order valence-corrected chi connectivity index (χ0v) is 70.5. The summed E-state index contributed by atoms with van der Waals surface area (Å²) in [7, 11) is -14.7. The van der Waals surface area contributed by atoms with Crippen molar-refractivity contribution in [2.75, 3.05) is 51.5 Å². The van der Waals surface area contributed by atoms with E-state index in [1.165, 1.54) is 0 Å². The molecule has 9 N–H and O–H groups in total. The number of carbonyl (C=O) groups is 4. The first-order valence-electron chi connectivity index (χ1n) is 37.3. The minimum absolute atomic E-state index is 0.181. The van der Waals surface area contributed by atoms with E-state index >= 15 is 0 Å². The third-order valence-electron chi connectivity index (χ3n) is 18.7. The minimum Gasteiger partial charge on any atom is -0.494 e. The lowest BCUT2D eigenvalue weighted by atomic mass is 10.1. The Hall–Kier alpha value is -11.9. The van der Waals surface area contributed by atoms with Crippen molar-refractivity contribution in [2.24, 2.45) is 0 Å². The molecule has 0 saturated carbocycles. The molecule has 618 valence electrons. The second kappa shape index (κ2) is 38.2. The largest absolute Gasteiger partial charge is 0.494 e. The molecule has 26 nitrogen and oxygen atoms in total. The van der Waals surface area contributed by atoms with Crippen LogP contribution in [0.5, 0.6) is 23.0 Å². The Balaban J connectivity index is 0.000000146. The lowest BCUT2D eigenvalue weighted by Crippen LogP contribution is -2.30. The minimum atomic E-state index is -3.70. The maximum Gasteiger partial charge on any atom is 0.281 e. The molecule has 0 radical (unpaired) electrons. The quantitative estimate of drug-likeness (QED) is 0.0206. The third kappa shape index (κ3) is 22.9. The molecule has 0 aliphatic heterocycles. The number of para-hydroxylation sites is 2. The van der Waals surface area contributed by atoms with E-state index in [9.17, 15) is 52.8 Å². The topological polar surface area (TPSA) is 382 Å². The number of aryl methyl sites for hydroxylation is 5. The summed E-state index contributed by atoms with van der Waals surface area (Å²) in [4.78, 5) is 69.5. The number of amides is 4. The monoisotopic (exact) mass is 1740 g/mol. The number of ether oxygens (including phenoxy) is 4. The van der Waals surface area contributed by atoms with Crippen LogP contribution in [0.25, 0.3) is 76.2 Å². The Kier molecular flexibility index (Phi) is 27.8. The van der Waals surface area contributed by atoms with Gasteiger partial charge < -0.3 is 43.9 Å². The van der Waals surface area contributed by atoms with Crippen LogP contribution in [0.1, 0.15) is 95.5 Å². The third-order valence-corrected chi connectivity index (χ3v) is 22.0. The zero-order chi connectivity index (χ0) is 84.8. The number of carbonyl (C=O) groups excluding carboxylic acids is 4. The molecular weight excluding hydrogens is 1660 g/mol. The SMILES string of the molecule is CS(=O)(=O)NC(=O)c1[nH]c2cccc(Cl)c2c1CCCOc1cccc2ccccc12.CS(=O)(=O)NC(=O)c1[nH]c2ccccc2c1CCCOc1ccc2ncccc2c1.CS(=O)(=O)NC(=O)c1[nH]c2ccccc2c1CCCOc1cccc2[nH]ccc12.Cc1cc(OCCCc2c(C(=O)NS(C)(=O)=O)[nH]c3cccc(Cl)c23)ccc1Cl. The van der Waals surface area contributed by atoms with E-state index in [0.29, 0.717) is 132 Å². The Morgan fingerprint density at radius 2 is 0.739 bits per heavy atom. The summed E-state index contributed by atoms with van der Waals surface area (Å²) in [5.41, 5.74) is 9.55. The molecule has 0 spiro atoms. The van der Waals surface area contributed by atoms with Crippen LogP contribution in [-0.4, -0.2) is 139 Å². The van der Waals surface area contributed by atoms with Crippen LogP contribution in [-0.2, 0) is 65.8 Å². The molecule has 0 aliphatic carbocycles. The fourth-order valence-electron chi connectivity index (χ4n) is 13.7. The van der Waals surface area contributed by atoms with E-state index in [-0.39, 0.29) is 22.8 Å². The summed E-state index contributed by atoms with van der Waals surface area (Å²) in [6.07, 6.45) is 12.0. The molecule has 0 saturated heterocycles. The number of aromatic nitrogens is 6. The average Bonchev–Trinajstić information content (AvgIpc) is 1.62. The van der Waals surface area contributed by atoms with Gasteiger partial charge in [-0.15, -0.1) is 0 Å². The van der Waals surface area contributed by atoms with Crippen molar-refractivity contribution < 1.29 is 71.8 Å². The molecule has 0 bridgehead atoms. The van der Waals surface area contributed by atoms with Crippen molar-refractivity contribution in [1.82, 2.24) is 48.8 Å². The average molecular weight is 1750 g/mol. The van der Waals surface area contributed by atoms with Gasteiger partial charge in [0.25, 0.3) is 23.6 Å². The molecular formula is C86H83Cl3N10O16S4. The van der Waals surface area contributed by atoms with Gasteiger partial charge >= 0.3 is 0 Å². The van der Waals surface area contributed by atoms with Gasteiger partial charge in [0, 0.05) is 82.7 Å². The summed E-state index contributed by atoms with van der Waals surface area (Å²) >= 11 is 18.7. The van der Waals surface area contributed by atoms with Gasteiger partial charge in [0.1, 0.15) is 45.8 Å². The number of H-pyrrole nitrogens is 5. The maximum absolute atomic E-state index is 12.6. The number of pyridine rings is 1. The number of aromatic amines is 5. The van der Waals surface area contributed by atoms with Gasteiger partial charge in [0.2, 0.25) is 40.1 Å². The number of nitrogens with one attached hydrogen (secondary N) is 9. The summed E-state index contributed by atoms with van der Waals surface area (Å²) in [6, 6.07) is 62.4. The smallest absolute Gasteiger partial charge is 0.281 e. The summed E-state index contributed by atoms with van der Waals surface area (Å²) in [5.74, 6) is 0.318. The number of fused-ring (bicyclic) bond motifs is 7. The second-order valence-electron chi connectivity index (χ2n) is 27.9. The number of nitrogens with zero attached hydrogens (tertiary/aromatic N) is 1. The van der Waals surface area contributed by atoms with Crippen LogP contribution in [0, 0.1) is 6.92 Å². The Morgan fingerprint density at radius 1 is 0.361 bits per heavy atom. The van der Waals surface area contributed by atoms with E-state index in [1.807, 2.05) is 184 Å². The van der Waals surface area contributed by atoms with E-state index in [2.05, 4.69) is 29.9 Å². The van der Waals surface area contributed by atoms with E-state index in [0.717, 1.165) is 113 Å². The first-order valence-corrected chi connectivity index (χ1v) is 46.0. The number of sulfonamides is 4. The van der Waals surface area contributed by atoms with Crippen LogP contribution < -0.4 is 37.8 Å². The van der Waals surface area contributed by atoms with Gasteiger partial charge in [-0.2, -0.15) is 0 Å². The van der Waals surface area contributed by atoms with Crippen LogP contribution >= 0.6 is 34.8 Å². The molecule has 33 heteroatoms. The molecule has 15 aromatic rings. The van der Waals surface area contributed by atoms with Crippen LogP contribution in [0.2, 0.25) is 15.1 Å². The van der Waals surface area contributed by atoms with Crippen molar-refractivity contribution in [3.8, 4) is 23.0 Å². The number of hydrogen-bond acceptors (Lipinski definition) is 17. The number of halogens is 3. The maximum atomic E-state index is 12.6. The van der Waals surface area contributed by atoms with Gasteiger partial charge in [0.05, 0.1) is 67.0 Å². The molecule has 0 atom stereocenters. The summed E-state index contributed by atoms with van der Waals surface area (Å²) in [6.45, 7) is 3.66. The molecule has 0 fully saturated rings. The van der Waals surface area contributed by atoms with Gasteiger partial charge in [-0.25, -0.2) is 52.6 Å². The highest BCUT2D eigenvalue weighted by molar-refractivity contribution is 7.90. The van der Waals surface area contributed by atoms with Crippen LogP contribution in [0.15, 0.2) is 213 Å². The predicted octanol–water partition coefficient (Wildman–Crippen LogP) is 15.9.